The number of aliphatic hydroxyl groups excluding tert-OH is 1. The number of hydrogen-bond acceptors (Lipinski definition) is 4. The maximum absolute atomic E-state index is 10.6. The van der Waals surface area contributed by atoms with Crippen molar-refractivity contribution < 1.29 is 24.5 Å². The summed E-state index contributed by atoms with van der Waals surface area (Å²) in [6, 6.07) is 0. The summed E-state index contributed by atoms with van der Waals surface area (Å²) >= 11 is 0. The summed E-state index contributed by atoms with van der Waals surface area (Å²) in [5.74, 6) is 2.58. The van der Waals surface area contributed by atoms with Gasteiger partial charge in [-0.2, -0.15) is 0 Å². The third-order valence-corrected chi connectivity index (χ3v) is 0.853. The second-order valence-electron chi connectivity index (χ2n) is 1.79. The lowest BCUT2D eigenvalue weighted by Gasteiger charge is -1.92. The van der Waals surface area contributed by atoms with Gasteiger partial charge in [-0.15, -0.1) is 0 Å². The third kappa shape index (κ3) is 8.10. The van der Waals surface area contributed by atoms with E-state index in [4.69, 9.17) is 10.2 Å². The normalized spacial score (nSPS) is 9.00. The van der Waals surface area contributed by atoms with Crippen LogP contribution in [0, 0.1) is 11.8 Å². The van der Waals surface area contributed by atoms with Gasteiger partial charge < -0.3 is 14.9 Å². The lowest BCUT2D eigenvalue weighted by atomic mass is 10.5. The molecule has 0 saturated carbocycles. The lowest BCUT2D eigenvalue weighted by molar-refractivity contribution is -0.137. The highest BCUT2D eigenvalue weighted by Crippen LogP contribution is 1.80. The smallest absolute Gasteiger partial charge is 0.331 e. The van der Waals surface area contributed by atoms with Crippen molar-refractivity contribution in [1.29, 1.82) is 0 Å². The molecule has 0 heterocycles. The maximum Gasteiger partial charge on any atom is 0.331 e. The van der Waals surface area contributed by atoms with Crippen molar-refractivity contribution in [2.24, 2.45) is 0 Å². The van der Waals surface area contributed by atoms with Crippen molar-refractivity contribution in [3.63, 3.8) is 0 Å². The predicted octanol–water partition coefficient (Wildman–Crippen LogP) is -0.834. The molecule has 0 unspecified atom stereocenters. The molecule has 5 heteroatoms. The Labute approximate surface area is 74.6 Å². The Kier molecular flexibility index (Phi) is 5.93. The highest BCUT2D eigenvalue weighted by molar-refractivity contribution is 5.90. The number of carboxylic acid groups (broad SMARTS) is 1. The summed E-state index contributed by atoms with van der Waals surface area (Å²) in [6.45, 7) is -0.466. The minimum absolute atomic E-state index is 0.163. The minimum Gasteiger partial charge on any atom is -0.478 e. The summed E-state index contributed by atoms with van der Waals surface area (Å²) in [6.07, 6.45) is 1.45. The number of esters is 1. The van der Waals surface area contributed by atoms with Crippen molar-refractivity contribution >= 4 is 11.9 Å². The Morgan fingerprint density at radius 1 is 1.31 bits per heavy atom. The van der Waals surface area contributed by atoms with E-state index >= 15 is 0 Å². The van der Waals surface area contributed by atoms with Crippen LogP contribution in [0.15, 0.2) is 12.2 Å². The monoisotopic (exact) mass is 184 g/mol. The van der Waals surface area contributed by atoms with Gasteiger partial charge in [0.1, 0.15) is 6.61 Å². The van der Waals surface area contributed by atoms with Gasteiger partial charge >= 0.3 is 11.9 Å². The first-order valence-corrected chi connectivity index (χ1v) is 3.31. The van der Waals surface area contributed by atoms with Gasteiger partial charge in [0.15, 0.2) is 6.61 Å². The van der Waals surface area contributed by atoms with Crippen LogP contribution in [0.5, 0.6) is 0 Å². The van der Waals surface area contributed by atoms with E-state index in [2.05, 4.69) is 16.6 Å². The lowest BCUT2D eigenvalue weighted by Crippen LogP contribution is -2.01. The van der Waals surface area contributed by atoms with Crippen molar-refractivity contribution in [1.82, 2.24) is 0 Å². The van der Waals surface area contributed by atoms with Crippen LogP contribution in [0.3, 0.4) is 0 Å². The summed E-state index contributed by atoms with van der Waals surface area (Å²) in [5, 5.41) is 16.3. The zero-order valence-electron chi connectivity index (χ0n) is 6.69. The summed E-state index contributed by atoms with van der Waals surface area (Å²) in [4.78, 5) is 20.5. The number of carbonyl (C=O) groups is 2. The van der Waals surface area contributed by atoms with Gasteiger partial charge in [0.2, 0.25) is 0 Å². The molecule has 0 amide bonds. The van der Waals surface area contributed by atoms with Gasteiger partial charge in [-0.3, -0.25) is 0 Å². The zero-order chi connectivity index (χ0) is 10.1. The molecular formula is C8H8O5. The topological polar surface area (TPSA) is 83.8 Å². The highest BCUT2D eigenvalue weighted by Gasteiger charge is 1.95. The van der Waals surface area contributed by atoms with Crippen LogP contribution < -0.4 is 0 Å². The number of aliphatic carboxylic acids is 1. The molecule has 0 radical (unpaired) electrons. The van der Waals surface area contributed by atoms with Gasteiger partial charge in [-0.1, -0.05) is 11.8 Å². The molecule has 13 heavy (non-hydrogen) atoms. The van der Waals surface area contributed by atoms with E-state index in [0.29, 0.717) is 6.08 Å². The van der Waals surface area contributed by atoms with E-state index in [-0.39, 0.29) is 13.2 Å². The van der Waals surface area contributed by atoms with Crippen LogP contribution in [0.2, 0.25) is 0 Å². The molecule has 0 atom stereocenters. The van der Waals surface area contributed by atoms with Crippen LogP contribution in [0.4, 0.5) is 0 Å². The molecule has 0 aliphatic rings. The van der Waals surface area contributed by atoms with Gasteiger partial charge in [-0.05, 0) is 0 Å². The fourth-order valence-corrected chi connectivity index (χ4v) is 0.402. The largest absolute Gasteiger partial charge is 0.478 e. The van der Waals surface area contributed by atoms with Gasteiger partial charge in [-0.25, -0.2) is 9.59 Å². The molecule has 0 aromatic carbocycles. The first kappa shape index (κ1) is 11.2. The van der Waals surface area contributed by atoms with E-state index in [0.717, 1.165) is 6.08 Å². The first-order chi connectivity index (χ1) is 6.16. The Balaban J connectivity index is 3.70. The SMILES string of the molecule is O=C(O)/C=C\C(=O)OCC#CCO. The second-order valence-corrected chi connectivity index (χ2v) is 1.79. The van der Waals surface area contributed by atoms with E-state index in [1.807, 2.05) is 0 Å². The Morgan fingerprint density at radius 2 is 2.00 bits per heavy atom. The highest BCUT2D eigenvalue weighted by atomic mass is 16.5. The molecular weight excluding hydrogens is 176 g/mol. The van der Waals surface area contributed by atoms with Crippen molar-refractivity contribution in [3.05, 3.63) is 12.2 Å². The molecule has 0 fully saturated rings. The van der Waals surface area contributed by atoms with E-state index in [1.165, 1.54) is 0 Å². The van der Waals surface area contributed by atoms with Crippen LogP contribution in [0.1, 0.15) is 0 Å². The molecule has 0 aromatic rings. The number of carbonyl (C=O) groups excluding carboxylic acids is 1. The van der Waals surface area contributed by atoms with Gasteiger partial charge in [0, 0.05) is 12.2 Å². The number of rotatable bonds is 3. The average Bonchev–Trinajstić information content (AvgIpc) is 2.09. The molecule has 5 nitrogen and oxygen atoms in total. The summed E-state index contributed by atoms with van der Waals surface area (Å²) < 4.78 is 4.42. The summed E-state index contributed by atoms with van der Waals surface area (Å²) in [7, 11) is 0. The molecule has 0 saturated heterocycles. The molecule has 0 spiro atoms. The molecule has 70 valence electrons. The summed E-state index contributed by atoms with van der Waals surface area (Å²) in [5.41, 5.74) is 0. The molecule has 2 N–H and O–H groups in total. The first-order valence-electron chi connectivity index (χ1n) is 3.31. The average molecular weight is 184 g/mol. The Bertz CT molecular complexity index is 268. The second kappa shape index (κ2) is 6.88. The minimum atomic E-state index is -1.22. The van der Waals surface area contributed by atoms with Gasteiger partial charge in [0.05, 0.1) is 0 Å². The maximum atomic E-state index is 10.6. The molecule has 0 rings (SSSR count). The van der Waals surface area contributed by atoms with Gasteiger partial charge in [0.25, 0.3) is 0 Å². The van der Waals surface area contributed by atoms with E-state index in [1.54, 1.807) is 0 Å². The van der Waals surface area contributed by atoms with Crippen LogP contribution in [-0.4, -0.2) is 35.4 Å². The van der Waals surface area contributed by atoms with Crippen molar-refractivity contribution in [2.75, 3.05) is 13.2 Å². The standard InChI is InChI=1S/C8H8O5/c9-5-1-2-6-13-8(12)4-3-7(10)11/h3-4,9H,5-6H2,(H,10,11)/b4-3-. The zero-order valence-corrected chi connectivity index (χ0v) is 6.69. The quantitative estimate of drug-likeness (QED) is 0.339. The molecule has 0 aliphatic heterocycles. The van der Waals surface area contributed by atoms with Crippen LogP contribution >= 0.6 is 0 Å². The van der Waals surface area contributed by atoms with Crippen molar-refractivity contribution in [3.8, 4) is 11.8 Å². The van der Waals surface area contributed by atoms with E-state index < -0.39 is 11.9 Å². The van der Waals surface area contributed by atoms with Crippen molar-refractivity contribution in [2.45, 2.75) is 0 Å². The number of ether oxygens (including phenoxy) is 1. The third-order valence-electron chi connectivity index (χ3n) is 0.853. The van der Waals surface area contributed by atoms with E-state index in [9.17, 15) is 9.59 Å². The molecule has 0 aliphatic carbocycles. The van der Waals surface area contributed by atoms with Crippen LogP contribution in [0.25, 0.3) is 0 Å². The Hall–Kier alpha value is -1.80. The Morgan fingerprint density at radius 3 is 2.54 bits per heavy atom. The molecule has 0 bridgehead atoms. The number of carboxylic acids is 1. The number of aliphatic hydroxyl groups is 1. The fraction of sp³-hybridized carbons (Fsp3) is 0.250. The number of hydrogen-bond donors (Lipinski definition) is 2. The fourth-order valence-electron chi connectivity index (χ4n) is 0.402. The van der Waals surface area contributed by atoms with Crippen LogP contribution in [-0.2, 0) is 14.3 Å². The molecule has 0 aromatic heterocycles. The predicted molar refractivity (Wildman–Crippen MR) is 42.6 cm³/mol.